The van der Waals surface area contributed by atoms with Crippen molar-refractivity contribution in [1.82, 2.24) is 0 Å². The van der Waals surface area contributed by atoms with E-state index in [4.69, 9.17) is 0 Å². The summed E-state index contributed by atoms with van der Waals surface area (Å²) >= 11 is 0. The summed E-state index contributed by atoms with van der Waals surface area (Å²) in [4.78, 5) is 0. The molecule has 0 heterocycles. The van der Waals surface area contributed by atoms with Gasteiger partial charge in [-0.1, -0.05) is 95.3 Å². The highest BCUT2D eigenvalue weighted by molar-refractivity contribution is 5.60. The van der Waals surface area contributed by atoms with Gasteiger partial charge < -0.3 is 0 Å². The third-order valence-corrected chi connectivity index (χ3v) is 5.32. The zero-order valence-electron chi connectivity index (χ0n) is 18.1. The molecule has 0 N–H and O–H groups in total. The maximum Gasteiger partial charge on any atom is -0.0103 e. The monoisotopic (exact) mass is 362 g/mol. The summed E-state index contributed by atoms with van der Waals surface area (Å²) in [5.41, 5.74) is 6.83. The minimum atomic E-state index is 0.214. The number of rotatable bonds is 7. The Balaban J connectivity index is 0.000000646. The molecule has 27 heavy (non-hydrogen) atoms. The Morgan fingerprint density at radius 3 is 2.44 bits per heavy atom. The summed E-state index contributed by atoms with van der Waals surface area (Å²) in [6, 6.07) is 8.48. The van der Waals surface area contributed by atoms with E-state index in [1.807, 2.05) is 6.08 Å². The smallest absolute Gasteiger partial charge is 0.0103 e. The van der Waals surface area contributed by atoms with Crippen molar-refractivity contribution >= 4 is 6.08 Å². The topological polar surface area (TPSA) is 0 Å². The first-order valence-corrected chi connectivity index (χ1v) is 10.3. The van der Waals surface area contributed by atoms with E-state index < -0.39 is 0 Å². The van der Waals surface area contributed by atoms with E-state index in [1.54, 1.807) is 0 Å². The summed E-state index contributed by atoms with van der Waals surface area (Å²) in [5.74, 6) is 0. The van der Waals surface area contributed by atoms with Crippen molar-refractivity contribution < 1.29 is 0 Å². The van der Waals surface area contributed by atoms with Crippen LogP contribution in [0.5, 0.6) is 0 Å². The fourth-order valence-electron chi connectivity index (χ4n) is 3.09. The Labute approximate surface area is 168 Å². The van der Waals surface area contributed by atoms with Gasteiger partial charge in [-0.15, -0.1) is 6.58 Å². The molecule has 1 aliphatic carbocycles. The molecular weight excluding hydrogens is 324 g/mol. The van der Waals surface area contributed by atoms with Gasteiger partial charge in [-0.25, -0.2) is 0 Å². The summed E-state index contributed by atoms with van der Waals surface area (Å²) in [6.07, 6.45) is 16.7. The van der Waals surface area contributed by atoms with Gasteiger partial charge in [0.05, 0.1) is 0 Å². The van der Waals surface area contributed by atoms with Gasteiger partial charge in [0.1, 0.15) is 0 Å². The van der Waals surface area contributed by atoms with Crippen LogP contribution in [0.4, 0.5) is 0 Å². The highest BCUT2D eigenvalue weighted by Crippen LogP contribution is 2.39. The molecule has 0 atom stereocenters. The molecule has 0 aliphatic heterocycles. The van der Waals surface area contributed by atoms with Gasteiger partial charge in [0.2, 0.25) is 0 Å². The second kappa shape index (κ2) is 11.6. The minimum Gasteiger partial charge on any atom is -0.103 e. The molecule has 2 rings (SSSR count). The van der Waals surface area contributed by atoms with E-state index in [0.717, 1.165) is 31.3 Å². The van der Waals surface area contributed by atoms with Gasteiger partial charge in [-0.3, -0.25) is 0 Å². The van der Waals surface area contributed by atoms with Crippen molar-refractivity contribution in [3.05, 3.63) is 89.6 Å². The number of hydrogen-bond acceptors (Lipinski definition) is 0. The summed E-state index contributed by atoms with van der Waals surface area (Å²) in [7, 11) is 0. The second-order valence-electron chi connectivity index (χ2n) is 7.86. The van der Waals surface area contributed by atoms with E-state index in [2.05, 4.69) is 96.3 Å². The first-order chi connectivity index (χ1) is 12.9. The zero-order chi connectivity index (χ0) is 20.3. The zero-order valence-corrected chi connectivity index (χ0v) is 18.1. The van der Waals surface area contributed by atoms with Crippen molar-refractivity contribution in [1.29, 1.82) is 0 Å². The predicted molar refractivity (Wildman–Crippen MR) is 124 cm³/mol. The van der Waals surface area contributed by atoms with Crippen LogP contribution in [0.2, 0.25) is 0 Å². The van der Waals surface area contributed by atoms with E-state index in [0.29, 0.717) is 0 Å². The molecule has 0 spiro atoms. The molecule has 0 nitrogen and oxygen atoms in total. The van der Waals surface area contributed by atoms with Crippen molar-refractivity contribution in [3.63, 3.8) is 0 Å². The molecule has 0 heteroatoms. The van der Waals surface area contributed by atoms with Gasteiger partial charge in [-0.05, 0) is 65.9 Å². The van der Waals surface area contributed by atoms with E-state index in [9.17, 15) is 0 Å². The molecule has 0 radical (unpaired) electrons. The molecule has 0 bridgehead atoms. The Hall–Kier alpha value is -2.08. The lowest BCUT2D eigenvalue weighted by atomic mass is 9.75. The Morgan fingerprint density at radius 1 is 1.19 bits per heavy atom. The number of unbranched alkanes of at least 4 members (excludes halogenated alkanes) is 1. The molecule has 1 aromatic rings. The largest absolute Gasteiger partial charge is 0.103 e. The number of hydrogen-bond donors (Lipinski definition) is 0. The molecule has 0 fully saturated rings. The van der Waals surface area contributed by atoms with Crippen LogP contribution in [0.15, 0.2) is 78.4 Å². The van der Waals surface area contributed by atoms with Gasteiger partial charge in [0.25, 0.3) is 0 Å². The average molecular weight is 363 g/mol. The van der Waals surface area contributed by atoms with Crippen molar-refractivity contribution in [2.75, 3.05) is 0 Å². The number of benzene rings is 1. The summed E-state index contributed by atoms with van der Waals surface area (Å²) < 4.78 is 0. The molecule has 1 aliphatic rings. The van der Waals surface area contributed by atoms with Crippen LogP contribution < -0.4 is 0 Å². The van der Waals surface area contributed by atoms with Crippen LogP contribution in [0.1, 0.15) is 70.9 Å². The first-order valence-electron chi connectivity index (χ1n) is 10.3. The molecule has 0 saturated carbocycles. The lowest BCUT2D eigenvalue weighted by molar-refractivity contribution is 0.433. The quantitative estimate of drug-likeness (QED) is 0.336. The van der Waals surface area contributed by atoms with Crippen LogP contribution in [-0.4, -0.2) is 0 Å². The lowest BCUT2D eigenvalue weighted by Gasteiger charge is -2.30. The maximum atomic E-state index is 4.34. The Kier molecular flexibility index (Phi) is 9.86. The van der Waals surface area contributed by atoms with Crippen LogP contribution >= 0.6 is 0 Å². The molecule has 0 amide bonds. The molecule has 1 aromatic carbocycles. The highest BCUT2D eigenvalue weighted by atomic mass is 14.3. The van der Waals surface area contributed by atoms with Crippen LogP contribution in [0.25, 0.3) is 6.08 Å². The fourth-order valence-corrected chi connectivity index (χ4v) is 3.09. The molecule has 146 valence electrons. The van der Waals surface area contributed by atoms with E-state index >= 15 is 0 Å². The van der Waals surface area contributed by atoms with Crippen LogP contribution in [-0.2, 0) is 0 Å². The van der Waals surface area contributed by atoms with Crippen molar-refractivity contribution in [2.24, 2.45) is 5.41 Å². The SMILES string of the molecule is C=C(/C=C\c1ccccc1C)C1=C(C(C)(C)CC)C=CCC1.C=CCCC. The van der Waals surface area contributed by atoms with E-state index in [1.165, 1.54) is 28.7 Å². The summed E-state index contributed by atoms with van der Waals surface area (Å²) in [5, 5.41) is 0. The predicted octanol–water partition coefficient (Wildman–Crippen LogP) is 8.62. The second-order valence-corrected chi connectivity index (χ2v) is 7.86. The lowest BCUT2D eigenvalue weighted by Crippen LogP contribution is -2.16. The highest BCUT2D eigenvalue weighted by Gasteiger charge is 2.24. The van der Waals surface area contributed by atoms with E-state index in [-0.39, 0.29) is 5.41 Å². The summed E-state index contributed by atoms with van der Waals surface area (Å²) in [6.45, 7) is 19.1. The normalized spacial score (nSPS) is 14.1. The fraction of sp³-hybridized carbons (Fsp3) is 0.407. The Morgan fingerprint density at radius 2 is 1.89 bits per heavy atom. The van der Waals surface area contributed by atoms with Gasteiger partial charge >= 0.3 is 0 Å². The van der Waals surface area contributed by atoms with Gasteiger partial charge in [-0.2, -0.15) is 0 Å². The van der Waals surface area contributed by atoms with Crippen molar-refractivity contribution in [2.45, 2.75) is 66.7 Å². The minimum absolute atomic E-state index is 0.214. The number of allylic oxidation sites excluding steroid dienone is 7. The third-order valence-electron chi connectivity index (χ3n) is 5.32. The van der Waals surface area contributed by atoms with Gasteiger partial charge in [0.15, 0.2) is 0 Å². The molecule has 0 unspecified atom stereocenters. The maximum absolute atomic E-state index is 4.34. The number of aryl methyl sites for hydroxylation is 1. The third kappa shape index (κ3) is 7.21. The van der Waals surface area contributed by atoms with Gasteiger partial charge in [0, 0.05) is 0 Å². The molecule has 0 aromatic heterocycles. The average Bonchev–Trinajstić information content (AvgIpc) is 2.68. The van der Waals surface area contributed by atoms with Crippen LogP contribution in [0, 0.1) is 12.3 Å². The standard InChI is InChI=1S/C22H28.C5H10/c1-6-22(4,5)21-14-10-9-13-20(21)18(3)15-16-19-12-8-7-11-17(19)2;1-3-5-4-2/h7-8,10-12,14-16H,3,6,9,13H2,1-2,4-5H3;3H,1,4-5H2,2H3/b16-15-;. The molecule has 0 saturated heterocycles. The van der Waals surface area contributed by atoms with Crippen LogP contribution in [0.3, 0.4) is 0 Å². The first kappa shape index (κ1) is 23.0. The van der Waals surface area contributed by atoms with Crippen molar-refractivity contribution in [3.8, 4) is 0 Å². The molecular formula is C27H38. The Bertz CT molecular complexity index is 707.